The maximum Gasteiger partial charge on any atom is 0.296 e. The van der Waals surface area contributed by atoms with Gasteiger partial charge in [-0.05, 0) is 25.0 Å². The minimum absolute atomic E-state index is 0.112. The number of hydrogen-bond donors (Lipinski definition) is 2. The fourth-order valence-electron chi connectivity index (χ4n) is 4.04. The summed E-state index contributed by atoms with van der Waals surface area (Å²) >= 11 is 6.51. The molecule has 3 N–H and O–H groups in total. The van der Waals surface area contributed by atoms with Gasteiger partial charge in [-0.15, -0.1) is 10.1 Å². The molecule has 0 bridgehead atoms. The molecule has 0 radical (unpaired) electrons. The zero-order valence-corrected chi connectivity index (χ0v) is 17.2. The van der Waals surface area contributed by atoms with Gasteiger partial charge in [0.05, 0.1) is 10.5 Å². The molecule has 10 nitrogen and oxygen atoms in total. The van der Waals surface area contributed by atoms with Crippen LogP contribution in [0.15, 0.2) is 30.9 Å². The number of fused-ring (bicyclic) bond motifs is 2. The van der Waals surface area contributed by atoms with Crippen molar-refractivity contribution in [3.8, 4) is 0 Å². The second-order valence-corrected chi connectivity index (χ2v) is 7.67. The number of rotatable bonds is 4. The summed E-state index contributed by atoms with van der Waals surface area (Å²) in [5.74, 6) is 0.875. The van der Waals surface area contributed by atoms with Crippen LogP contribution in [0.1, 0.15) is 28.8 Å². The number of aromatic nitrogens is 5. The van der Waals surface area contributed by atoms with Crippen molar-refractivity contribution in [1.29, 1.82) is 0 Å². The van der Waals surface area contributed by atoms with Gasteiger partial charge in [0.25, 0.3) is 11.7 Å². The predicted octanol–water partition coefficient (Wildman–Crippen LogP) is 2.69. The molecule has 4 aromatic rings. The monoisotopic (exact) mass is 435 g/mol. The zero-order chi connectivity index (χ0) is 21.5. The van der Waals surface area contributed by atoms with Crippen LogP contribution in [0.3, 0.4) is 0 Å². The van der Waals surface area contributed by atoms with E-state index in [4.69, 9.17) is 23.9 Å². The van der Waals surface area contributed by atoms with Crippen molar-refractivity contribution < 1.29 is 4.79 Å². The van der Waals surface area contributed by atoms with Gasteiger partial charge in [0.15, 0.2) is 17.8 Å². The van der Waals surface area contributed by atoms with Crippen LogP contribution < -0.4 is 16.0 Å². The molecule has 0 unspecified atom stereocenters. The molecule has 11 heteroatoms. The van der Waals surface area contributed by atoms with Gasteiger partial charge >= 0.3 is 0 Å². The van der Waals surface area contributed by atoms with E-state index in [1.807, 2.05) is 4.40 Å². The summed E-state index contributed by atoms with van der Waals surface area (Å²) in [7, 11) is 0. The first-order valence-electron chi connectivity index (χ1n) is 9.76. The summed E-state index contributed by atoms with van der Waals surface area (Å²) in [5, 5.41) is 7.47. The average molecular weight is 436 g/mol. The molecule has 1 aliphatic heterocycles. The average Bonchev–Trinajstić information content (AvgIpc) is 3.50. The van der Waals surface area contributed by atoms with Crippen molar-refractivity contribution in [2.45, 2.75) is 19.4 Å². The number of amides is 1. The van der Waals surface area contributed by atoms with E-state index in [-0.39, 0.29) is 29.7 Å². The lowest BCUT2D eigenvalue weighted by Gasteiger charge is -2.23. The van der Waals surface area contributed by atoms with Gasteiger partial charge < -0.3 is 20.8 Å². The SMILES string of the molecule is [C-]#[N+]c1ncn2c(N3CCCC3)c(CNC(=O)c3c(N)nn4cccnc34)cc(Cl)c12. The van der Waals surface area contributed by atoms with Crippen molar-refractivity contribution in [3.63, 3.8) is 0 Å². The molecule has 31 heavy (non-hydrogen) atoms. The lowest BCUT2D eigenvalue weighted by molar-refractivity contribution is 0.0953. The van der Waals surface area contributed by atoms with Crippen LogP contribution in [0.25, 0.3) is 16.0 Å². The number of anilines is 2. The maximum atomic E-state index is 13.0. The van der Waals surface area contributed by atoms with Gasteiger partial charge in [0, 0.05) is 37.6 Å². The number of halogens is 1. The number of nitrogen functional groups attached to an aromatic ring is 1. The van der Waals surface area contributed by atoms with Crippen molar-refractivity contribution in [2.24, 2.45) is 0 Å². The highest BCUT2D eigenvalue weighted by atomic mass is 35.5. The van der Waals surface area contributed by atoms with E-state index in [2.05, 4.69) is 30.1 Å². The molecule has 5 rings (SSSR count). The fraction of sp³-hybridized carbons (Fsp3) is 0.250. The Balaban J connectivity index is 1.53. The van der Waals surface area contributed by atoms with Crippen LogP contribution in [0.2, 0.25) is 5.02 Å². The topological polar surface area (TPSA) is 110 Å². The van der Waals surface area contributed by atoms with Crippen molar-refractivity contribution in [1.82, 2.24) is 29.3 Å². The molecule has 0 aromatic carbocycles. The van der Waals surface area contributed by atoms with Crippen LogP contribution in [0, 0.1) is 6.57 Å². The molecule has 1 fully saturated rings. The summed E-state index contributed by atoms with van der Waals surface area (Å²) < 4.78 is 3.31. The van der Waals surface area contributed by atoms with Crippen LogP contribution in [0.4, 0.5) is 17.5 Å². The first-order chi connectivity index (χ1) is 15.1. The van der Waals surface area contributed by atoms with Gasteiger partial charge in [-0.3, -0.25) is 9.20 Å². The van der Waals surface area contributed by atoms with E-state index in [0.717, 1.165) is 37.3 Å². The highest BCUT2D eigenvalue weighted by Crippen LogP contribution is 2.35. The van der Waals surface area contributed by atoms with Gasteiger partial charge in [-0.2, -0.15) is 0 Å². The molecule has 0 saturated carbocycles. The highest BCUT2D eigenvalue weighted by molar-refractivity contribution is 6.34. The number of nitrogens with one attached hydrogen (secondary N) is 1. The zero-order valence-electron chi connectivity index (χ0n) is 16.4. The van der Waals surface area contributed by atoms with Crippen LogP contribution in [0.5, 0.6) is 0 Å². The quantitative estimate of drug-likeness (QED) is 0.477. The minimum Gasteiger partial charge on any atom is -0.381 e. The standard InChI is InChI=1S/C20H18ClN9O/c1-23-17-15-13(21)9-12(20(29(15)11-26-17)28-6-2-3-7-28)10-25-19(31)14-16(22)27-30-8-4-5-24-18(14)30/h4-5,8-9,11H,2-3,6-7,10H2,(H2,22,27)(H,25,31). The molecule has 5 heterocycles. The van der Waals surface area contributed by atoms with Gasteiger partial charge in [0.1, 0.15) is 11.4 Å². The van der Waals surface area contributed by atoms with Crippen molar-refractivity contribution in [2.75, 3.05) is 23.7 Å². The third-order valence-corrected chi connectivity index (χ3v) is 5.68. The van der Waals surface area contributed by atoms with Crippen molar-refractivity contribution in [3.05, 3.63) is 58.4 Å². The summed E-state index contributed by atoms with van der Waals surface area (Å²) in [6.07, 6.45) is 7.03. The number of hydrogen-bond acceptors (Lipinski definition) is 6. The van der Waals surface area contributed by atoms with E-state index >= 15 is 0 Å². The normalized spacial score (nSPS) is 13.7. The van der Waals surface area contributed by atoms with Crippen molar-refractivity contribution >= 4 is 46.1 Å². The van der Waals surface area contributed by atoms with E-state index in [9.17, 15) is 4.79 Å². The highest BCUT2D eigenvalue weighted by Gasteiger charge is 2.24. The largest absolute Gasteiger partial charge is 0.381 e. The Hall–Kier alpha value is -3.84. The lowest BCUT2D eigenvalue weighted by Crippen LogP contribution is -2.27. The fourth-order valence-corrected chi connectivity index (χ4v) is 4.35. The van der Waals surface area contributed by atoms with E-state index in [1.54, 1.807) is 30.9 Å². The number of imidazole rings is 1. The Morgan fingerprint density at radius 3 is 2.90 bits per heavy atom. The second kappa shape index (κ2) is 7.45. The predicted molar refractivity (Wildman–Crippen MR) is 116 cm³/mol. The summed E-state index contributed by atoms with van der Waals surface area (Å²) in [6, 6.07) is 3.50. The van der Waals surface area contributed by atoms with Gasteiger partial charge in [-0.1, -0.05) is 18.2 Å². The van der Waals surface area contributed by atoms with Crippen LogP contribution in [-0.2, 0) is 6.54 Å². The molecular formula is C20H18ClN9O. The minimum atomic E-state index is -0.373. The Morgan fingerprint density at radius 2 is 2.13 bits per heavy atom. The third-order valence-electron chi connectivity index (χ3n) is 5.39. The lowest BCUT2D eigenvalue weighted by atomic mass is 10.2. The number of nitrogens with two attached hydrogens (primary N) is 1. The molecule has 1 saturated heterocycles. The van der Waals surface area contributed by atoms with E-state index in [0.29, 0.717) is 16.2 Å². The molecule has 156 valence electrons. The molecule has 0 spiro atoms. The Kier molecular flexibility index (Phi) is 4.60. The van der Waals surface area contributed by atoms with E-state index < -0.39 is 0 Å². The Bertz CT molecular complexity index is 1360. The smallest absolute Gasteiger partial charge is 0.296 e. The summed E-state index contributed by atoms with van der Waals surface area (Å²) in [6.45, 7) is 9.35. The summed E-state index contributed by atoms with van der Waals surface area (Å²) in [4.78, 5) is 27.1. The molecular weight excluding hydrogens is 418 g/mol. The van der Waals surface area contributed by atoms with Crippen LogP contribution >= 0.6 is 11.6 Å². The molecule has 1 aliphatic rings. The van der Waals surface area contributed by atoms with Gasteiger partial charge in [-0.25, -0.2) is 9.50 Å². The first kappa shape index (κ1) is 19.1. The Morgan fingerprint density at radius 1 is 1.32 bits per heavy atom. The summed E-state index contributed by atoms with van der Waals surface area (Å²) in [5.41, 5.74) is 7.98. The second-order valence-electron chi connectivity index (χ2n) is 7.26. The first-order valence-corrected chi connectivity index (χ1v) is 10.1. The number of carbonyl (C=O) groups is 1. The Labute approximate surface area is 182 Å². The maximum absolute atomic E-state index is 13.0. The number of nitrogens with zero attached hydrogens (tertiary/aromatic N) is 7. The van der Waals surface area contributed by atoms with Gasteiger partial charge in [0.2, 0.25) is 0 Å². The van der Waals surface area contributed by atoms with Crippen LogP contribution in [-0.4, -0.2) is 43.0 Å². The third kappa shape index (κ3) is 3.10. The molecule has 4 aromatic heterocycles. The molecule has 0 atom stereocenters. The molecule has 0 aliphatic carbocycles. The molecule has 1 amide bonds. The van der Waals surface area contributed by atoms with E-state index in [1.165, 1.54) is 4.52 Å². The number of carbonyl (C=O) groups excluding carboxylic acids is 1. The number of pyridine rings is 1.